The summed E-state index contributed by atoms with van der Waals surface area (Å²) in [6.45, 7) is 3.50. The summed E-state index contributed by atoms with van der Waals surface area (Å²) in [4.78, 5) is 12.0. The summed E-state index contributed by atoms with van der Waals surface area (Å²) < 4.78 is 35.0. The summed E-state index contributed by atoms with van der Waals surface area (Å²) >= 11 is 0. The highest BCUT2D eigenvalue weighted by molar-refractivity contribution is 7.94. The zero-order valence-corrected chi connectivity index (χ0v) is 15.0. The third kappa shape index (κ3) is 5.76. The van der Waals surface area contributed by atoms with E-state index in [2.05, 4.69) is 0 Å². The van der Waals surface area contributed by atoms with E-state index < -0.39 is 15.8 Å². The second-order valence-corrected chi connectivity index (χ2v) is 7.25. The number of ether oxygens (including phenoxy) is 2. The average Bonchev–Trinajstić information content (AvgIpc) is 2.59. The molecule has 0 aliphatic carbocycles. The van der Waals surface area contributed by atoms with Crippen LogP contribution in [-0.2, 0) is 19.4 Å². The molecule has 0 saturated carbocycles. The SMILES string of the molecule is C/C(=C\S(=O)(=O)c1ccc(C)cc1)C(=O)OCCOc1ccccc1. The van der Waals surface area contributed by atoms with Crippen LogP contribution >= 0.6 is 0 Å². The molecule has 2 aromatic rings. The van der Waals surface area contributed by atoms with Gasteiger partial charge >= 0.3 is 5.97 Å². The maximum absolute atomic E-state index is 12.3. The van der Waals surface area contributed by atoms with Crippen molar-refractivity contribution in [1.82, 2.24) is 0 Å². The Bertz CT molecular complexity index is 837. The van der Waals surface area contributed by atoms with E-state index in [0.29, 0.717) is 5.75 Å². The lowest BCUT2D eigenvalue weighted by atomic mass is 10.2. The quantitative estimate of drug-likeness (QED) is 0.430. The normalized spacial score (nSPS) is 11.8. The molecule has 0 aromatic heterocycles. The fraction of sp³-hybridized carbons (Fsp3) is 0.211. The topological polar surface area (TPSA) is 69.7 Å². The van der Waals surface area contributed by atoms with Crippen molar-refractivity contribution >= 4 is 15.8 Å². The van der Waals surface area contributed by atoms with Gasteiger partial charge in [-0.1, -0.05) is 35.9 Å². The molecule has 0 heterocycles. The van der Waals surface area contributed by atoms with Crippen molar-refractivity contribution in [1.29, 1.82) is 0 Å². The molecule has 0 radical (unpaired) electrons. The largest absolute Gasteiger partial charge is 0.490 e. The third-order valence-electron chi connectivity index (χ3n) is 3.33. The van der Waals surface area contributed by atoms with Crippen molar-refractivity contribution in [3.05, 3.63) is 71.1 Å². The van der Waals surface area contributed by atoms with Crippen LogP contribution in [0.25, 0.3) is 0 Å². The second-order valence-electron chi connectivity index (χ2n) is 5.46. The molecule has 6 heteroatoms. The number of carbonyl (C=O) groups is 1. The van der Waals surface area contributed by atoms with E-state index in [1.54, 1.807) is 24.3 Å². The standard InChI is InChI=1S/C19H20O5S/c1-15-8-10-18(11-9-15)25(21,22)14-16(2)19(20)24-13-12-23-17-6-4-3-5-7-17/h3-11,14H,12-13H2,1-2H3/b16-14+. The molecule has 132 valence electrons. The van der Waals surface area contributed by atoms with Crippen molar-refractivity contribution in [2.24, 2.45) is 0 Å². The Morgan fingerprint density at radius 3 is 2.28 bits per heavy atom. The van der Waals surface area contributed by atoms with Crippen LogP contribution in [0.1, 0.15) is 12.5 Å². The first kappa shape index (κ1) is 18.7. The van der Waals surface area contributed by atoms with Gasteiger partial charge in [0.25, 0.3) is 0 Å². The molecular formula is C19H20O5S. The molecule has 2 rings (SSSR count). The van der Waals surface area contributed by atoms with Gasteiger partial charge in [-0.3, -0.25) is 0 Å². The fourth-order valence-corrected chi connectivity index (χ4v) is 3.21. The molecule has 0 spiro atoms. The van der Waals surface area contributed by atoms with Gasteiger partial charge in [-0.05, 0) is 38.1 Å². The Morgan fingerprint density at radius 1 is 1.00 bits per heavy atom. The molecule has 25 heavy (non-hydrogen) atoms. The Labute approximate surface area is 147 Å². The number of esters is 1. The number of aryl methyl sites for hydroxylation is 1. The summed E-state index contributed by atoms with van der Waals surface area (Å²) in [7, 11) is -3.69. The van der Waals surface area contributed by atoms with E-state index in [0.717, 1.165) is 11.0 Å². The van der Waals surface area contributed by atoms with Gasteiger partial charge in [0.2, 0.25) is 0 Å². The molecule has 0 amide bonds. The zero-order valence-electron chi connectivity index (χ0n) is 14.1. The Morgan fingerprint density at radius 2 is 1.64 bits per heavy atom. The van der Waals surface area contributed by atoms with Gasteiger partial charge < -0.3 is 9.47 Å². The van der Waals surface area contributed by atoms with Crippen LogP contribution in [0.4, 0.5) is 0 Å². The maximum atomic E-state index is 12.3. The Kier molecular flexibility index (Phi) is 6.36. The molecule has 0 unspecified atom stereocenters. The first-order valence-corrected chi connectivity index (χ1v) is 9.28. The molecule has 0 atom stereocenters. The van der Waals surface area contributed by atoms with Gasteiger partial charge in [-0.15, -0.1) is 0 Å². The molecule has 0 bridgehead atoms. The summed E-state index contributed by atoms with van der Waals surface area (Å²) in [6.07, 6.45) is 0. The second kappa shape index (κ2) is 8.48. The van der Waals surface area contributed by atoms with Gasteiger partial charge in [0.05, 0.1) is 4.90 Å². The monoisotopic (exact) mass is 360 g/mol. The molecule has 5 nitrogen and oxygen atoms in total. The minimum Gasteiger partial charge on any atom is -0.490 e. The van der Waals surface area contributed by atoms with Gasteiger partial charge in [-0.2, -0.15) is 0 Å². The molecule has 0 saturated heterocycles. The Hall–Kier alpha value is -2.60. The predicted octanol–water partition coefficient (Wildman–Crippen LogP) is 3.29. The highest BCUT2D eigenvalue weighted by Gasteiger charge is 2.15. The van der Waals surface area contributed by atoms with E-state index >= 15 is 0 Å². The first-order chi connectivity index (χ1) is 11.9. The van der Waals surface area contributed by atoms with Crippen LogP contribution < -0.4 is 4.74 Å². The number of sulfone groups is 1. The van der Waals surface area contributed by atoms with Gasteiger partial charge in [0.15, 0.2) is 9.84 Å². The number of carbonyl (C=O) groups excluding carboxylic acids is 1. The van der Waals surface area contributed by atoms with E-state index in [4.69, 9.17) is 9.47 Å². The molecule has 0 aliphatic rings. The van der Waals surface area contributed by atoms with E-state index in [9.17, 15) is 13.2 Å². The zero-order chi connectivity index (χ0) is 18.3. The number of hydrogen-bond donors (Lipinski definition) is 0. The van der Waals surface area contributed by atoms with Gasteiger partial charge in [-0.25, -0.2) is 13.2 Å². The summed E-state index contributed by atoms with van der Waals surface area (Å²) in [6, 6.07) is 15.6. The lowest BCUT2D eigenvalue weighted by Crippen LogP contribution is -2.13. The Balaban J connectivity index is 1.90. The summed E-state index contributed by atoms with van der Waals surface area (Å²) in [5, 5.41) is 0.929. The summed E-state index contributed by atoms with van der Waals surface area (Å²) in [5.41, 5.74) is 0.970. The number of benzene rings is 2. The smallest absolute Gasteiger partial charge is 0.334 e. The van der Waals surface area contributed by atoms with Crippen LogP contribution in [0.2, 0.25) is 0 Å². The van der Waals surface area contributed by atoms with E-state index in [1.165, 1.54) is 19.1 Å². The first-order valence-electron chi connectivity index (χ1n) is 7.73. The van der Waals surface area contributed by atoms with Crippen LogP contribution in [0.3, 0.4) is 0 Å². The van der Waals surface area contributed by atoms with Crippen molar-refractivity contribution in [3.63, 3.8) is 0 Å². The van der Waals surface area contributed by atoms with Crippen molar-refractivity contribution in [3.8, 4) is 5.75 Å². The van der Waals surface area contributed by atoms with Crippen molar-refractivity contribution < 1.29 is 22.7 Å². The minimum atomic E-state index is -3.69. The molecule has 0 fully saturated rings. The summed E-state index contributed by atoms with van der Waals surface area (Å²) in [5.74, 6) is -0.0138. The number of para-hydroxylation sites is 1. The molecule has 0 aliphatic heterocycles. The highest BCUT2D eigenvalue weighted by atomic mass is 32.2. The van der Waals surface area contributed by atoms with Crippen molar-refractivity contribution in [2.75, 3.05) is 13.2 Å². The fourth-order valence-electron chi connectivity index (χ4n) is 2.00. The van der Waals surface area contributed by atoms with Gasteiger partial charge in [0, 0.05) is 11.0 Å². The average molecular weight is 360 g/mol. The lowest BCUT2D eigenvalue weighted by molar-refractivity contribution is -0.139. The highest BCUT2D eigenvalue weighted by Crippen LogP contribution is 2.15. The van der Waals surface area contributed by atoms with Crippen LogP contribution in [0, 0.1) is 6.92 Å². The predicted molar refractivity (Wildman–Crippen MR) is 95.0 cm³/mol. The van der Waals surface area contributed by atoms with Crippen LogP contribution in [-0.4, -0.2) is 27.6 Å². The van der Waals surface area contributed by atoms with E-state index in [1.807, 2.05) is 25.1 Å². The van der Waals surface area contributed by atoms with Crippen molar-refractivity contribution in [2.45, 2.75) is 18.7 Å². The molecular weight excluding hydrogens is 340 g/mol. The number of hydrogen-bond acceptors (Lipinski definition) is 5. The van der Waals surface area contributed by atoms with Crippen LogP contribution in [0.15, 0.2) is 70.5 Å². The maximum Gasteiger partial charge on any atom is 0.334 e. The number of rotatable bonds is 7. The third-order valence-corrected chi connectivity index (χ3v) is 4.92. The van der Waals surface area contributed by atoms with Crippen LogP contribution in [0.5, 0.6) is 5.75 Å². The molecule has 0 N–H and O–H groups in total. The van der Waals surface area contributed by atoms with Gasteiger partial charge in [0.1, 0.15) is 19.0 Å². The molecule has 2 aromatic carbocycles. The lowest BCUT2D eigenvalue weighted by Gasteiger charge is -2.07. The minimum absolute atomic E-state index is 0.0142. The van der Waals surface area contributed by atoms with E-state index in [-0.39, 0.29) is 23.7 Å².